The molecule has 1 heterocycles. The fourth-order valence-corrected chi connectivity index (χ4v) is 5.97. The molecule has 2 saturated carbocycles. The number of rotatable bonds is 10. The van der Waals surface area contributed by atoms with Crippen LogP contribution in [-0.4, -0.2) is 58.7 Å². The zero-order chi connectivity index (χ0) is 26.2. The van der Waals surface area contributed by atoms with Gasteiger partial charge in [0.2, 0.25) is 17.7 Å². The topological polar surface area (TPSA) is 98.8 Å². The lowest BCUT2D eigenvalue weighted by molar-refractivity contribution is -0.142. The van der Waals surface area contributed by atoms with Gasteiger partial charge in [0.15, 0.2) is 0 Å². The minimum Gasteiger partial charge on any atom is -0.353 e. The average molecular weight is 511 g/mol. The van der Waals surface area contributed by atoms with Gasteiger partial charge in [-0.15, -0.1) is 0 Å². The number of benzene rings is 1. The number of hydrogen-bond donors (Lipinski definition) is 2. The Morgan fingerprint density at radius 2 is 1.59 bits per heavy atom. The Bertz CT molecular complexity index is 957. The predicted octanol–water partition coefficient (Wildman–Crippen LogP) is 4.05. The van der Waals surface area contributed by atoms with Crippen LogP contribution in [0.15, 0.2) is 24.3 Å². The number of carbonyl (C=O) groups excluding carboxylic acids is 4. The monoisotopic (exact) mass is 510 g/mol. The van der Waals surface area contributed by atoms with Gasteiger partial charge >= 0.3 is 6.03 Å². The van der Waals surface area contributed by atoms with Gasteiger partial charge in [0.1, 0.15) is 6.54 Å². The largest absolute Gasteiger partial charge is 0.353 e. The van der Waals surface area contributed by atoms with E-state index in [1.165, 1.54) is 24.2 Å². The Labute approximate surface area is 220 Å². The van der Waals surface area contributed by atoms with Crippen molar-refractivity contribution in [2.24, 2.45) is 5.92 Å². The normalized spacial score (nSPS) is 22.5. The molecule has 0 aromatic heterocycles. The highest BCUT2D eigenvalue weighted by atomic mass is 16.2. The highest BCUT2D eigenvalue weighted by molar-refractivity contribution is 6.00. The Morgan fingerprint density at radius 1 is 0.892 bits per heavy atom. The van der Waals surface area contributed by atoms with Crippen molar-refractivity contribution < 1.29 is 19.2 Å². The number of carbonyl (C=O) groups is 4. The van der Waals surface area contributed by atoms with Crippen LogP contribution < -0.4 is 10.6 Å². The molecule has 2 atom stereocenters. The third kappa shape index (κ3) is 7.33. The number of amides is 5. The van der Waals surface area contributed by atoms with Crippen LogP contribution in [0.5, 0.6) is 0 Å². The van der Waals surface area contributed by atoms with Gasteiger partial charge in [-0.2, -0.15) is 0 Å². The first-order valence-corrected chi connectivity index (χ1v) is 14.2. The fraction of sp³-hybridized carbons (Fsp3) is 0.655. The summed E-state index contributed by atoms with van der Waals surface area (Å²) in [6.45, 7) is 2.67. The molecule has 3 aliphatic rings. The minimum atomic E-state index is -0.370. The van der Waals surface area contributed by atoms with E-state index in [9.17, 15) is 19.2 Å². The van der Waals surface area contributed by atoms with Gasteiger partial charge in [0.25, 0.3) is 0 Å². The van der Waals surface area contributed by atoms with Crippen LogP contribution in [0.1, 0.15) is 88.2 Å². The van der Waals surface area contributed by atoms with E-state index in [4.69, 9.17) is 0 Å². The van der Waals surface area contributed by atoms with Gasteiger partial charge in [-0.1, -0.05) is 61.9 Å². The molecule has 4 rings (SSSR count). The van der Waals surface area contributed by atoms with Crippen molar-refractivity contribution in [1.29, 1.82) is 0 Å². The third-order valence-corrected chi connectivity index (χ3v) is 8.12. The number of nitrogens with zero attached hydrogens (tertiary/aromatic N) is 2. The van der Waals surface area contributed by atoms with E-state index in [1.54, 1.807) is 4.90 Å². The fourth-order valence-electron chi connectivity index (χ4n) is 5.97. The molecule has 2 N–H and O–H groups in total. The second kappa shape index (κ2) is 13.1. The van der Waals surface area contributed by atoms with Crippen LogP contribution in [0, 0.1) is 12.8 Å². The molecular weight excluding hydrogens is 468 g/mol. The van der Waals surface area contributed by atoms with Crippen molar-refractivity contribution in [3.8, 4) is 0 Å². The molecule has 0 radical (unpaired) electrons. The van der Waals surface area contributed by atoms with Crippen LogP contribution in [0.2, 0.25) is 0 Å². The van der Waals surface area contributed by atoms with E-state index >= 15 is 0 Å². The maximum absolute atomic E-state index is 13.4. The molecule has 1 aromatic rings. The van der Waals surface area contributed by atoms with E-state index in [-0.39, 0.29) is 42.3 Å². The molecule has 1 saturated heterocycles. The molecule has 8 heteroatoms. The number of nitrogens with one attached hydrogen (secondary N) is 2. The molecule has 0 spiro atoms. The van der Waals surface area contributed by atoms with E-state index < -0.39 is 0 Å². The highest BCUT2D eigenvalue weighted by Crippen LogP contribution is 2.34. The van der Waals surface area contributed by atoms with Crippen LogP contribution in [0.25, 0.3) is 0 Å². The summed E-state index contributed by atoms with van der Waals surface area (Å²) in [6.07, 6.45) is 10.7. The Kier molecular flexibility index (Phi) is 9.58. The maximum atomic E-state index is 13.4. The predicted molar refractivity (Wildman–Crippen MR) is 141 cm³/mol. The summed E-state index contributed by atoms with van der Waals surface area (Å²) < 4.78 is 0. The van der Waals surface area contributed by atoms with E-state index in [0.717, 1.165) is 49.7 Å². The number of unbranched alkanes of at least 4 members (excludes halogenated alkanes) is 1. The van der Waals surface area contributed by atoms with Crippen molar-refractivity contribution in [2.45, 2.75) is 103 Å². The van der Waals surface area contributed by atoms with Crippen LogP contribution in [0.3, 0.4) is 0 Å². The lowest BCUT2D eigenvalue weighted by Crippen LogP contribution is -2.63. The summed E-state index contributed by atoms with van der Waals surface area (Å²) in [5.41, 5.74) is 2.16. The molecule has 2 aliphatic carbocycles. The molecule has 1 aliphatic heterocycles. The minimum absolute atomic E-state index is 0.0422. The number of hydrogen-bond acceptors (Lipinski definition) is 4. The SMILES string of the molecule is Cc1ccc(CNC(=O)CN2C(=O)N(CCCCC(=O)NC3CCCCC3)C(=O)C3CCCCC32)cc1. The summed E-state index contributed by atoms with van der Waals surface area (Å²) >= 11 is 0. The number of urea groups is 1. The maximum Gasteiger partial charge on any atom is 0.327 e. The molecular formula is C29H42N4O4. The molecule has 37 heavy (non-hydrogen) atoms. The van der Waals surface area contributed by atoms with E-state index in [0.29, 0.717) is 38.4 Å². The molecule has 202 valence electrons. The zero-order valence-electron chi connectivity index (χ0n) is 22.2. The quantitative estimate of drug-likeness (QED) is 0.464. The summed E-state index contributed by atoms with van der Waals surface area (Å²) in [6, 6.07) is 7.68. The van der Waals surface area contributed by atoms with Crippen LogP contribution >= 0.6 is 0 Å². The second-order valence-corrected chi connectivity index (χ2v) is 11.0. The first kappa shape index (κ1) is 27.1. The number of imide groups is 1. The van der Waals surface area contributed by atoms with E-state index in [1.807, 2.05) is 31.2 Å². The number of fused-ring (bicyclic) bond motifs is 1. The van der Waals surface area contributed by atoms with E-state index in [2.05, 4.69) is 10.6 Å². The lowest BCUT2D eigenvalue weighted by Gasteiger charge is -2.46. The van der Waals surface area contributed by atoms with Crippen LogP contribution in [0.4, 0.5) is 4.79 Å². The van der Waals surface area contributed by atoms with Gasteiger partial charge < -0.3 is 15.5 Å². The van der Waals surface area contributed by atoms with Crippen molar-refractivity contribution in [3.05, 3.63) is 35.4 Å². The van der Waals surface area contributed by atoms with Gasteiger partial charge in [-0.05, 0) is 51.0 Å². The standard InChI is InChI=1S/C29H42N4O4/c1-21-14-16-22(17-15-21)19-30-27(35)20-33-25-12-6-5-11-24(25)28(36)32(29(33)37)18-8-7-13-26(34)31-23-9-3-2-4-10-23/h14-17,23-25H,2-13,18-20H2,1H3,(H,30,35)(H,31,34). The molecule has 8 nitrogen and oxygen atoms in total. The number of aryl methyl sites for hydroxylation is 1. The van der Waals surface area contributed by atoms with Gasteiger partial charge in [0.05, 0.1) is 5.92 Å². The Morgan fingerprint density at radius 3 is 2.35 bits per heavy atom. The average Bonchev–Trinajstić information content (AvgIpc) is 2.91. The Hall–Kier alpha value is -2.90. The summed E-state index contributed by atoms with van der Waals surface area (Å²) in [7, 11) is 0. The van der Waals surface area contributed by atoms with Crippen LogP contribution in [-0.2, 0) is 20.9 Å². The summed E-state index contributed by atoms with van der Waals surface area (Å²) in [5.74, 6) is -0.516. The zero-order valence-corrected chi connectivity index (χ0v) is 22.2. The second-order valence-electron chi connectivity index (χ2n) is 11.0. The smallest absolute Gasteiger partial charge is 0.327 e. The molecule has 3 fully saturated rings. The summed E-state index contributed by atoms with van der Waals surface area (Å²) in [4.78, 5) is 54.7. The molecule has 5 amide bonds. The molecule has 2 unspecified atom stereocenters. The lowest BCUT2D eigenvalue weighted by atomic mass is 9.81. The van der Waals surface area contributed by atoms with Gasteiger partial charge in [-0.3, -0.25) is 19.3 Å². The third-order valence-electron chi connectivity index (χ3n) is 8.12. The molecule has 0 bridgehead atoms. The van der Waals surface area contributed by atoms with Crippen molar-refractivity contribution in [1.82, 2.24) is 20.4 Å². The van der Waals surface area contributed by atoms with Gasteiger partial charge in [-0.25, -0.2) is 4.79 Å². The first-order valence-electron chi connectivity index (χ1n) is 14.2. The summed E-state index contributed by atoms with van der Waals surface area (Å²) in [5, 5.41) is 6.05. The van der Waals surface area contributed by atoms with Crippen molar-refractivity contribution >= 4 is 23.8 Å². The highest BCUT2D eigenvalue weighted by Gasteiger charge is 2.47. The molecule has 1 aromatic carbocycles. The first-order chi connectivity index (χ1) is 17.9. The van der Waals surface area contributed by atoms with Crippen molar-refractivity contribution in [2.75, 3.05) is 13.1 Å². The Balaban J connectivity index is 1.29. The van der Waals surface area contributed by atoms with Crippen molar-refractivity contribution in [3.63, 3.8) is 0 Å². The van der Waals surface area contributed by atoms with Gasteiger partial charge in [0, 0.05) is 31.6 Å².